The Morgan fingerprint density at radius 2 is 1.95 bits per heavy atom. The van der Waals surface area contributed by atoms with E-state index in [0.29, 0.717) is 18.8 Å². The number of aromatic nitrogens is 2. The molecule has 0 saturated heterocycles. The van der Waals surface area contributed by atoms with E-state index in [1.807, 2.05) is 38.1 Å². The third-order valence-corrected chi connectivity index (χ3v) is 3.34. The van der Waals surface area contributed by atoms with Crippen molar-refractivity contribution in [3.63, 3.8) is 0 Å². The normalized spacial score (nSPS) is 10.6. The monoisotopic (exact) mass is 287 g/mol. The molecule has 5 nitrogen and oxygen atoms in total. The summed E-state index contributed by atoms with van der Waals surface area (Å²) in [6.45, 7) is 5.15. The van der Waals surface area contributed by atoms with Gasteiger partial charge in [-0.05, 0) is 37.5 Å². The maximum atomic E-state index is 12.1. The van der Waals surface area contributed by atoms with Gasteiger partial charge < -0.3 is 10.4 Å². The van der Waals surface area contributed by atoms with Gasteiger partial charge in [0.2, 0.25) is 0 Å². The highest BCUT2D eigenvalue weighted by Crippen LogP contribution is 2.06. The molecule has 0 radical (unpaired) electrons. The number of carbonyl (C=O) groups excluding carboxylic acids is 1. The van der Waals surface area contributed by atoms with Crippen LogP contribution in [0.1, 0.15) is 34.2 Å². The van der Waals surface area contributed by atoms with Crippen LogP contribution in [-0.2, 0) is 19.6 Å². The number of aliphatic hydroxyl groups excluding tert-OH is 1. The Labute approximate surface area is 124 Å². The van der Waals surface area contributed by atoms with Crippen LogP contribution >= 0.6 is 0 Å². The number of aryl methyl sites for hydroxylation is 2. The second-order valence-corrected chi connectivity index (χ2v) is 4.97. The topological polar surface area (TPSA) is 67.2 Å². The molecule has 2 N–H and O–H groups in total. The predicted octanol–water partition coefficient (Wildman–Crippen LogP) is 1.68. The van der Waals surface area contributed by atoms with Gasteiger partial charge in [0.1, 0.15) is 5.69 Å². The maximum Gasteiger partial charge on any atom is 0.269 e. The first-order valence-corrected chi connectivity index (χ1v) is 7.15. The first-order chi connectivity index (χ1) is 10.1. The van der Waals surface area contributed by atoms with Gasteiger partial charge in [-0.25, -0.2) is 0 Å². The molecule has 0 spiro atoms. The van der Waals surface area contributed by atoms with Gasteiger partial charge in [0, 0.05) is 13.1 Å². The zero-order chi connectivity index (χ0) is 15.2. The zero-order valence-corrected chi connectivity index (χ0v) is 12.5. The summed E-state index contributed by atoms with van der Waals surface area (Å²) in [6, 6.07) is 9.53. The Bertz CT molecular complexity index is 602. The molecule has 1 amide bonds. The van der Waals surface area contributed by atoms with Crippen LogP contribution in [0.3, 0.4) is 0 Å². The van der Waals surface area contributed by atoms with Crippen molar-refractivity contribution in [2.75, 3.05) is 6.54 Å². The summed E-state index contributed by atoms with van der Waals surface area (Å²) in [5.41, 5.74) is 3.48. The summed E-state index contributed by atoms with van der Waals surface area (Å²) >= 11 is 0. The van der Waals surface area contributed by atoms with Gasteiger partial charge >= 0.3 is 0 Å². The van der Waals surface area contributed by atoms with Crippen LogP contribution in [0.4, 0.5) is 0 Å². The van der Waals surface area contributed by atoms with Crippen LogP contribution in [0.5, 0.6) is 0 Å². The van der Waals surface area contributed by atoms with E-state index in [1.54, 1.807) is 10.7 Å². The van der Waals surface area contributed by atoms with Crippen LogP contribution in [-0.4, -0.2) is 27.3 Å². The fourth-order valence-corrected chi connectivity index (χ4v) is 2.19. The first kappa shape index (κ1) is 15.3. The standard InChI is InChI=1S/C16H21N3O2/c1-3-19-15(10-12(2)18-19)16(21)17-9-8-13-4-6-14(11-20)7-5-13/h4-7,10,20H,3,8-9,11H2,1-2H3,(H,17,21). The van der Waals surface area contributed by atoms with Gasteiger partial charge in [-0.2, -0.15) is 5.10 Å². The van der Waals surface area contributed by atoms with Crippen LogP contribution < -0.4 is 5.32 Å². The van der Waals surface area contributed by atoms with Crippen molar-refractivity contribution < 1.29 is 9.90 Å². The molecule has 5 heteroatoms. The number of nitrogens with zero attached hydrogens (tertiary/aromatic N) is 2. The molecular weight excluding hydrogens is 266 g/mol. The molecule has 112 valence electrons. The summed E-state index contributed by atoms with van der Waals surface area (Å²) in [6.07, 6.45) is 0.761. The van der Waals surface area contributed by atoms with E-state index in [-0.39, 0.29) is 12.5 Å². The number of hydrogen-bond acceptors (Lipinski definition) is 3. The van der Waals surface area contributed by atoms with E-state index in [4.69, 9.17) is 5.11 Å². The Morgan fingerprint density at radius 1 is 1.29 bits per heavy atom. The molecule has 0 fully saturated rings. The molecule has 21 heavy (non-hydrogen) atoms. The first-order valence-electron chi connectivity index (χ1n) is 7.15. The second-order valence-electron chi connectivity index (χ2n) is 4.97. The largest absolute Gasteiger partial charge is 0.392 e. The average molecular weight is 287 g/mol. The molecular formula is C16H21N3O2. The van der Waals surface area contributed by atoms with Crippen molar-refractivity contribution >= 4 is 5.91 Å². The maximum absolute atomic E-state index is 12.1. The van der Waals surface area contributed by atoms with E-state index >= 15 is 0 Å². The lowest BCUT2D eigenvalue weighted by Crippen LogP contribution is -2.28. The van der Waals surface area contributed by atoms with Crippen molar-refractivity contribution in [1.82, 2.24) is 15.1 Å². The predicted molar refractivity (Wildman–Crippen MR) is 81.0 cm³/mol. The van der Waals surface area contributed by atoms with Gasteiger partial charge in [-0.3, -0.25) is 9.48 Å². The van der Waals surface area contributed by atoms with Crippen molar-refractivity contribution in [3.05, 3.63) is 52.8 Å². The molecule has 1 aromatic carbocycles. The number of nitrogens with one attached hydrogen (secondary N) is 1. The lowest BCUT2D eigenvalue weighted by atomic mass is 10.1. The van der Waals surface area contributed by atoms with Crippen LogP contribution in [0.15, 0.2) is 30.3 Å². The number of rotatable bonds is 6. The van der Waals surface area contributed by atoms with Crippen molar-refractivity contribution in [2.45, 2.75) is 33.4 Å². The summed E-state index contributed by atoms with van der Waals surface area (Å²) in [4.78, 5) is 12.1. The van der Waals surface area contributed by atoms with E-state index < -0.39 is 0 Å². The lowest BCUT2D eigenvalue weighted by molar-refractivity contribution is 0.0943. The number of amides is 1. The smallest absolute Gasteiger partial charge is 0.269 e. The Hall–Kier alpha value is -2.14. The Morgan fingerprint density at radius 3 is 2.57 bits per heavy atom. The van der Waals surface area contributed by atoms with Crippen LogP contribution in [0.25, 0.3) is 0 Å². The number of hydrogen-bond donors (Lipinski definition) is 2. The lowest BCUT2D eigenvalue weighted by Gasteiger charge is -2.07. The average Bonchev–Trinajstić information content (AvgIpc) is 2.89. The van der Waals surface area contributed by atoms with Gasteiger partial charge in [-0.15, -0.1) is 0 Å². The van der Waals surface area contributed by atoms with Crippen LogP contribution in [0, 0.1) is 6.92 Å². The molecule has 1 heterocycles. The number of carbonyl (C=O) groups is 1. The van der Waals surface area contributed by atoms with Gasteiger partial charge in [0.25, 0.3) is 5.91 Å². The molecule has 1 aromatic heterocycles. The number of benzene rings is 1. The Kier molecular flexibility index (Phi) is 5.11. The summed E-state index contributed by atoms with van der Waals surface area (Å²) in [5, 5.41) is 16.2. The molecule has 0 unspecified atom stereocenters. The molecule has 2 rings (SSSR count). The molecule has 0 aliphatic heterocycles. The summed E-state index contributed by atoms with van der Waals surface area (Å²) in [7, 11) is 0. The van der Waals surface area contributed by atoms with Gasteiger partial charge in [0.15, 0.2) is 0 Å². The highest BCUT2D eigenvalue weighted by Gasteiger charge is 2.12. The molecule has 0 saturated carbocycles. The molecule has 2 aromatic rings. The van der Waals surface area contributed by atoms with Crippen molar-refractivity contribution in [2.24, 2.45) is 0 Å². The second kappa shape index (κ2) is 7.04. The fraction of sp³-hybridized carbons (Fsp3) is 0.375. The van der Waals surface area contributed by atoms with E-state index in [2.05, 4.69) is 10.4 Å². The molecule has 0 aliphatic rings. The third kappa shape index (κ3) is 3.92. The summed E-state index contributed by atoms with van der Waals surface area (Å²) in [5.74, 6) is -0.0931. The quantitative estimate of drug-likeness (QED) is 0.849. The van der Waals surface area contributed by atoms with Gasteiger partial charge in [-0.1, -0.05) is 24.3 Å². The SMILES string of the molecule is CCn1nc(C)cc1C(=O)NCCc1ccc(CO)cc1. The summed E-state index contributed by atoms with van der Waals surface area (Å²) < 4.78 is 1.71. The highest BCUT2D eigenvalue weighted by molar-refractivity contribution is 5.92. The fourth-order valence-electron chi connectivity index (χ4n) is 2.19. The molecule has 0 aliphatic carbocycles. The minimum absolute atomic E-state index is 0.0530. The van der Waals surface area contributed by atoms with Crippen LogP contribution in [0.2, 0.25) is 0 Å². The zero-order valence-electron chi connectivity index (χ0n) is 12.5. The Balaban J connectivity index is 1.88. The van der Waals surface area contributed by atoms with Gasteiger partial charge in [0.05, 0.1) is 12.3 Å². The number of aliphatic hydroxyl groups is 1. The highest BCUT2D eigenvalue weighted by atomic mass is 16.3. The van der Waals surface area contributed by atoms with Crippen molar-refractivity contribution in [3.8, 4) is 0 Å². The van der Waals surface area contributed by atoms with E-state index in [9.17, 15) is 4.79 Å². The van der Waals surface area contributed by atoms with E-state index in [1.165, 1.54) is 0 Å². The third-order valence-electron chi connectivity index (χ3n) is 3.34. The minimum atomic E-state index is -0.0931. The van der Waals surface area contributed by atoms with E-state index in [0.717, 1.165) is 23.2 Å². The molecule has 0 atom stereocenters. The molecule has 0 bridgehead atoms. The van der Waals surface area contributed by atoms with Crippen molar-refractivity contribution in [1.29, 1.82) is 0 Å². The minimum Gasteiger partial charge on any atom is -0.392 e.